The summed E-state index contributed by atoms with van der Waals surface area (Å²) in [5.41, 5.74) is 1.90. The molecule has 0 radical (unpaired) electrons. The number of halogens is 1. The molecule has 206 valence electrons. The van der Waals surface area contributed by atoms with Crippen LogP contribution in [-0.2, 0) is 6.54 Å². The SMILES string of the molecule is CC(c1ccccc1F)c1nc2nc(-c3noc(=O)[nH]3)nc(N[C@H](C)C3CCC3)c2n1C[C@H]1CC[C@H](C)CC1. The molecule has 4 aromatic rings. The third-order valence-corrected chi connectivity index (χ3v) is 8.84. The zero-order chi connectivity index (χ0) is 27.1. The first kappa shape index (κ1) is 25.7. The molecule has 3 heterocycles. The summed E-state index contributed by atoms with van der Waals surface area (Å²) in [6.45, 7) is 7.27. The van der Waals surface area contributed by atoms with Crippen molar-refractivity contribution in [2.75, 3.05) is 5.32 Å². The maximum absolute atomic E-state index is 15.0. The van der Waals surface area contributed by atoms with Crippen molar-refractivity contribution in [1.82, 2.24) is 29.7 Å². The van der Waals surface area contributed by atoms with Gasteiger partial charge in [0, 0.05) is 18.5 Å². The van der Waals surface area contributed by atoms with E-state index < -0.39 is 5.76 Å². The molecule has 10 heteroatoms. The number of hydrogen-bond donors (Lipinski definition) is 2. The number of imidazole rings is 1. The number of nitrogens with zero attached hydrogens (tertiary/aromatic N) is 5. The molecule has 9 nitrogen and oxygen atoms in total. The van der Waals surface area contributed by atoms with Crippen molar-refractivity contribution in [3.8, 4) is 11.6 Å². The number of fused-ring (bicyclic) bond motifs is 1. The second-order valence-electron chi connectivity index (χ2n) is 11.6. The Labute approximate surface area is 226 Å². The van der Waals surface area contributed by atoms with Crippen LogP contribution in [0, 0.1) is 23.6 Å². The van der Waals surface area contributed by atoms with Gasteiger partial charge < -0.3 is 9.88 Å². The van der Waals surface area contributed by atoms with Crippen molar-refractivity contribution in [2.45, 2.75) is 84.2 Å². The van der Waals surface area contributed by atoms with Gasteiger partial charge in [-0.3, -0.25) is 9.51 Å². The lowest BCUT2D eigenvalue weighted by Crippen LogP contribution is -2.31. The molecule has 2 saturated carbocycles. The predicted molar refractivity (Wildman–Crippen MR) is 147 cm³/mol. The fourth-order valence-corrected chi connectivity index (χ4v) is 6.11. The average Bonchev–Trinajstić information content (AvgIpc) is 3.48. The number of hydrogen-bond acceptors (Lipinski definition) is 7. The Morgan fingerprint density at radius 1 is 1.10 bits per heavy atom. The van der Waals surface area contributed by atoms with E-state index in [4.69, 9.17) is 19.5 Å². The highest BCUT2D eigenvalue weighted by Gasteiger charge is 2.30. The molecule has 39 heavy (non-hydrogen) atoms. The molecule has 0 saturated heterocycles. The van der Waals surface area contributed by atoms with Crippen LogP contribution in [0.4, 0.5) is 10.2 Å². The third kappa shape index (κ3) is 5.08. The van der Waals surface area contributed by atoms with Gasteiger partial charge in [-0.05, 0) is 62.0 Å². The van der Waals surface area contributed by atoms with Crippen LogP contribution in [0.15, 0.2) is 33.6 Å². The largest absolute Gasteiger partial charge is 0.439 e. The topological polar surface area (TPSA) is 115 Å². The maximum Gasteiger partial charge on any atom is 0.439 e. The van der Waals surface area contributed by atoms with Crippen molar-refractivity contribution in [2.24, 2.45) is 17.8 Å². The molecule has 3 aromatic heterocycles. The molecular weight excluding hydrogens is 497 g/mol. The number of benzene rings is 1. The van der Waals surface area contributed by atoms with Crippen molar-refractivity contribution in [1.29, 1.82) is 0 Å². The average molecular weight is 534 g/mol. The van der Waals surface area contributed by atoms with Gasteiger partial charge in [0.15, 0.2) is 11.5 Å². The minimum Gasteiger partial charge on any atom is -0.365 e. The number of aromatic amines is 1. The molecule has 2 N–H and O–H groups in total. The van der Waals surface area contributed by atoms with Crippen LogP contribution < -0.4 is 11.1 Å². The summed E-state index contributed by atoms with van der Waals surface area (Å²) in [5.74, 6) is 2.39. The fraction of sp³-hybridized carbons (Fsp3) is 0.552. The highest BCUT2D eigenvalue weighted by molar-refractivity contribution is 5.86. The zero-order valence-electron chi connectivity index (χ0n) is 22.8. The van der Waals surface area contributed by atoms with Gasteiger partial charge in [0.25, 0.3) is 0 Å². The lowest BCUT2D eigenvalue weighted by atomic mass is 9.80. The van der Waals surface area contributed by atoms with Crippen LogP contribution in [-0.4, -0.2) is 35.7 Å². The molecule has 1 unspecified atom stereocenters. The molecular formula is C29H36FN7O2. The lowest BCUT2D eigenvalue weighted by molar-refractivity contribution is 0.264. The van der Waals surface area contributed by atoms with Crippen molar-refractivity contribution < 1.29 is 8.91 Å². The second kappa shape index (κ2) is 10.5. The highest BCUT2D eigenvalue weighted by atomic mass is 19.1. The van der Waals surface area contributed by atoms with E-state index in [-0.39, 0.29) is 29.4 Å². The summed E-state index contributed by atoms with van der Waals surface area (Å²) in [6.07, 6.45) is 8.31. The number of aromatic nitrogens is 6. The molecule has 6 rings (SSSR count). The monoisotopic (exact) mass is 533 g/mol. The van der Waals surface area contributed by atoms with Crippen molar-refractivity contribution >= 4 is 17.0 Å². The quantitative estimate of drug-likeness (QED) is 0.290. The Morgan fingerprint density at radius 2 is 1.87 bits per heavy atom. The van der Waals surface area contributed by atoms with Crippen molar-refractivity contribution in [3.05, 3.63) is 52.0 Å². The van der Waals surface area contributed by atoms with Gasteiger partial charge in [-0.15, -0.1) is 0 Å². The van der Waals surface area contributed by atoms with Crippen LogP contribution >= 0.6 is 0 Å². The molecule has 0 aliphatic heterocycles. The number of nitrogens with one attached hydrogen (secondary N) is 2. The molecule has 2 aliphatic rings. The minimum atomic E-state index is -0.669. The Morgan fingerprint density at radius 3 is 2.54 bits per heavy atom. The molecule has 1 aromatic carbocycles. The standard InChI is InChI=1S/C29H36FN7O2/c1-16-11-13-19(14-12-16)15-37-23-24(31-18(3)20-7-6-8-20)32-26(27-35-29(38)39-36-27)33-25(23)34-28(37)17(2)21-9-4-5-10-22(21)30/h4-5,9-10,16-20H,6-8,11-15H2,1-3H3,(H,31,32,33)(H,35,36,38)/t16-,17?,18-,19-/m1/s1. The van der Waals surface area contributed by atoms with Gasteiger partial charge in [-0.1, -0.05) is 56.5 Å². The van der Waals surface area contributed by atoms with Crippen LogP contribution in [0.5, 0.6) is 0 Å². The summed E-state index contributed by atoms with van der Waals surface area (Å²) in [4.78, 5) is 28.8. The van der Waals surface area contributed by atoms with Crippen LogP contribution in [0.2, 0.25) is 0 Å². The molecule has 2 fully saturated rings. The smallest absolute Gasteiger partial charge is 0.365 e. The molecule has 0 amide bonds. The second-order valence-corrected chi connectivity index (χ2v) is 11.6. The molecule has 0 bridgehead atoms. The van der Waals surface area contributed by atoms with Gasteiger partial charge in [0.05, 0.1) is 0 Å². The fourth-order valence-electron chi connectivity index (χ4n) is 6.11. The number of H-pyrrole nitrogens is 1. The predicted octanol–water partition coefficient (Wildman–Crippen LogP) is 5.89. The minimum absolute atomic E-state index is 0.153. The first-order chi connectivity index (χ1) is 18.9. The first-order valence-electron chi connectivity index (χ1n) is 14.2. The van der Waals surface area contributed by atoms with Gasteiger partial charge in [0.2, 0.25) is 11.6 Å². The summed E-state index contributed by atoms with van der Waals surface area (Å²) < 4.78 is 21.9. The maximum atomic E-state index is 15.0. The summed E-state index contributed by atoms with van der Waals surface area (Å²) in [7, 11) is 0. The Hall–Kier alpha value is -3.56. The molecule has 2 atom stereocenters. The van der Waals surface area contributed by atoms with Crippen LogP contribution in [0.1, 0.15) is 83.0 Å². The van der Waals surface area contributed by atoms with E-state index in [0.29, 0.717) is 28.9 Å². The number of anilines is 1. The van der Waals surface area contributed by atoms with E-state index in [2.05, 4.69) is 33.9 Å². The summed E-state index contributed by atoms with van der Waals surface area (Å²) in [5, 5.41) is 7.48. The highest BCUT2D eigenvalue weighted by Crippen LogP contribution is 2.37. The van der Waals surface area contributed by atoms with E-state index in [1.807, 2.05) is 19.1 Å². The third-order valence-electron chi connectivity index (χ3n) is 8.84. The van der Waals surface area contributed by atoms with E-state index >= 15 is 0 Å². The summed E-state index contributed by atoms with van der Waals surface area (Å²) >= 11 is 0. The summed E-state index contributed by atoms with van der Waals surface area (Å²) in [6, 6.07) is 7.08. The first-order valence-corrected chi connectivity index (χ1v) is 14.2. The lowest BCUT2D eigenvalue weighted by Gasteiger charge is -2.32. The normalized spacial score (nSPS) is 21.5. The van der Waals surface area contributed by atoms with Gasteiger partial charge >= 0.3 is 5.76 Å². The van der Waals surface area contributed by atoms with Gasteiger partial charge in [0.1, 0.15) is 17.2 Å². The van der Waals surface area contributed by atoms with E-state index in [9.17, 15) is 9.18 Å². The van der Waals surface area contributed by atoms with E-state index in [1.165, 1.54) is 38.2 Å². The Balaban J connectivity index is 1.51. The molecule has 0 spiro atoms. The molecule has 2 aliphatic carbocycles. The van der Waals surface area contributed by atoms with Gasteiger partial charge in [-0.25, -0.2) is 24.1 Å². The van der Waals surface area contributed by atoms with Crippen LogP contribution in [0.3, 0.4) is 0 Å². The number of rotatable bonds is 8. The Bertz CT molecular complexity index is 1510. The zero-order valence-corrected chi connectivity index (χ0v) is 22.8. The van der Waals surface area contributed by atoms with Crippen molar-refractivity contribution in [3.63, 3.8) is 0 Å². The van der Waals surface area contributed by atoms with E-state index in [0.717, 1.165) is 36.6 Å². The van der Waals surface area contributed by atoms with Gasteiger partial charge in [-0.2, -0.15) is 0 Å². The van der Waals surface area contributed by atoms with E-state index in [1.54, 1.807) is 6.07 Å². The Kier molecular flexibility index (Phi) is 6.95. The van der Waals surface area contributed by atoms with Crippen LogP contribution in [0.25, 0.3) is 22.8 Å².